The highest BCUT2D eigenvalue weighted by Gasteiger charge is 2.31. The molecule has 0 bridgehead atoms. The van der Waals surface area contributed by atoms with Gasteiger partial charge in [0.25, 0.3) is 0 Å². The average molecular weight is 413 g/mol. The molecule has 0 spiro atoms. The van der Waals surface area contributed by atoms with Gasteiger partial charge in [0.05, 0.1) is 19.1 Å². The van der Waals surface area contributed by atoms with Crippen LogP contribution in [0.15, 0.2) is 53.2 Å². The molecule has 28 heavy (non-hydrogen) atoms. The highest BCUT2D eigenvalue weighted by atomic mass is 32.1. The van der Waals surface area contributed by atoms with Crippen molar-refractivity contribution in [1.29, 1.82) is 0 Å². The maximum absolute atomic E-state index is 12.5. The molecule has 0 fully saturated rings. The number of carbonyl (C=O) groups excluding carboxylic acids is 1. The summed E-state index contributed by atoms with van der Waals surface area (Å²) in [5.74, 6) is 0.890. The number of ether oxygens (including phenoxy) is 1. The number of rotatable bonds is 7. The summed E-state index contributed by atoms with van der Waals surface area (Å²) >= 11 is 3.58. The third-order valence-corrected chi connectivity index (χ3v) is 6.83. The highest BCUT2D eigenvalue weighted by molar-refractivity contribution is 7.10. The fourth-order valence-electron chi connectivity index (χ4n) is 3.62. The molecule has 146 valence electrons. The third kappa shape index (κ3) is 4.46. The molecule has 0 unspecified atom stereocenters. The van der Waals surface area contributed by atoms with Gasteiger partial charge < -0.3 is 10.1 Å². The zero-order valence-electron chi connectivity index (χ0n) is 15.9. The maximum atomic E-state index is 12.5. The Morgan fingerprint density at radius 3 is 2.96 bits per heavy atom. The van der Waals surface area contributed by atoms with Gasteiger partial charge in [0.15, 0.2) is 0 Å². The van der Waals surface area contributed by atoms with E-state index in [4.69, 9.17) is 4.74 Å². The van der Waals surface area contributed by atoms with Crippen molar-refractivity contribution in [1.82, 2.24) is 10.2 Å². The zero-order valence-corrected chi connectivity index (χ0v) is 17.5. The second-order valence-corrected chi connectivity index (χ2v) is 8.93. The van der Waals surface area contributed by atoms with Gasteiger partial charge in [-0.1, -0.05) is 18.2 Å². The van der Waals surface area contributed by atoms with Gasteiger partial charge in [0, 0.05) is 16.3 Å². The molecular formula is C22H24N2O2S2. The molecule has 0 radical (unpaired) electrons. The minimum atomic E-state index is 0.0491. The second-order valence-electron chi connectivity index (χ2n) is 6.95. The largest absolute Gasteiger partial charge is 0.492 e. The molecule has 1 amide bonds. The molecule has 1 aliphatic heterocycles. The molecule has 6 heteroatoms. The number of hydrogen-bond donors (Lipinski definition) is 1. The van der Waals surface area contributed by atoms with Crippen molar-refractivity contribution in [3.8, 4) is 5.75 Å². The van der Waals surface area contributed by atoms with Crippen LogP contribution in [0.25, 0.3) is 0 Å². The van der Waals surface area contributed by atoms with E-state index in [0.717, 1.165) is 18.7 Å². The quantitative estimate of drug-likeness (QED) is 0.590. The van der Waals surface area contributed by atoms with Gasteiger partial charge in [-0.3, -0.25) is 9.69 Å². The molecule has 3 heterocycles. The summed E-state index contributed by atoms with van der Waals surface area (Å²) in [6.45, 7) is 4.33. The van der Waals surface area contributed by atoms with E-state index in [0.29, 0.717) is 19.7 Å². The van der Waals surface area contributed by atoms with Crippen molar-refractivity contribution in [2.24, 2.45) is 0 Å². The van der Waals surface area contributed by atoms with Crippen molar-refractivity contribution in [3.05, 3.63) is 74.1 Å². The van der Waals surface area contributed by atoms with E-state index < -0.39 is 0 Å². The average Bonchev–Trinajstić information content (AvgIpc) is 3.37. The lowest BCUT2D eigenvalue weighted by molar-refractivity contribution is -0.122. The summed E-state index contributed by atoms with van der Waals surface area (Å²) < 4.78 is 5.72. The number of hydrogen-bond acceptors (Lipinski definition) is 5. The first-order valence-corrected chi connectivity index (χ1v) is 11.3. The summed E-state index contributed by atoms with van der Waals surface area (Å²) in [4.78, 5) is 17.6. The number of amides is 1. The number of thiophene rings is 2. The van der Waals surface area contributed by atoms with E-state index >= 15 is 0 Å². The molecule has 2 aromatic heterocycles. The van der Waals surface area contributed by atoms with Crippen LogP contribution in [-0.2, 0) is 11.2 Å². The minimum Gasteiger partial charge on any atom is -0.492 e. The molecule has 1 atom stereocenters. The number of nitrogens with zero attached hydrogens (tertiary/aromatic N) is 1. The second kappa shape index (κ2) is 8.90. The van der Waals surface area contributed by atoms with Crippen molar-refractivity contribution in [3.63, 3.8) is 0 Å². The van der Waals surface area contributed by atoms with Crippen LogP contribution >= 0.6 is 22.7 Å². The zero-order chi connectivity index (χ0) is 19.3. The number of nitrogens with one attached hydrogen (secondary N) is 1. The monoisotopic (exact) mass is 412 g/mol. The smallest absolute Gasteiger partial charge is 0.234 e. The Hall–Kier alpha value is -2.15. The van der Waals surface area contributed by atoms with E-state index in [1.165, 1.54) is 20.9 Å². The van der Waals surface area contributed by atoms with Crippen LogP contribution in [0.4, 0.5) is 0 Å². The van der Waals surface area contributed by atoms with E-state index in [1.807, 2.05) is 42.5 Å². The van der Waals surface area contributed by atoms with E-state index in [2.05, 4.69) is 39.2 Å². The topological polar surface area (TPSA) is 41.6 Å². The van der Waals surface area contributed by atoms with Crippen molar-refractivity contribution in [2.75, 3.05) is 26.2 Å². The van der Waals surface area contributed by atoms with Crippen LogP contribution in [0.5, 0.6) is 5.75 Å². The van der Waals surface area contributed by atoms with Crippen LogP contribution in [0.1, 0.15) is 26.9 Å². The Balaban J connectivity index is 1.32. The van der Waals surface area contributed by atoms with Gasteiger partial charge in [0.1, 0.15) is 12.4 Å². The van der Waals surface area contributed by atoms with Crippen molar-refractivity contribution in [2.45, 2.75) is 19.4 Å². The number of fused-ring (bicyclic) bond motifs is 1. The summed E-state index contributed by atoms with van der Waals surface area (Å²) in [5.41, 5.74) is 2.52. The SMILES string of the molecule is Cc1cccc(OCCNC(=O)CN2CCc3sccc3[C@H]2c2cccs2)c1. The highest BCUT2D eigenvalue weighted by Crippen LogP contribution is 2.39. The van der Waals surface area contributed by atoms with E-state index in [1.54, 1.807) is 11.3 Å². The number of benzene rings is 1. The summed E-state index contributed by atoms with van der Waals surface area (Å²) in [7, 11) is 0. The lowest BCUT2D eigenvalue weighted by atomic mass is 9.98. The minimum absolute atomic E-state index is 0.0491. The van der Waals surface area contributed by atoms with Crippen LogP contribution in [0.3, 0.4) is 0 Å². The molecule has 3 aromatic rings. The first-order valence-electron chi connectivity index (χ1n) is 9.50. The summed E-state index contributed by atoms with van der Waals surface area (Å²) in [6.07, 6.45) is 1.01. The van der Waals surface area contributed by atoms with Gasteiger partial charge in [-0.2, -0.15) is 0 Å². The van der Waals surface area contributed by atoms with E-state index in [-0.39, 0.29) is 11.9 Å². The predicted octanol–water partition coefficient (Wildman–Crippen LogP) is 4.26. The van der Waals surface area contributed by atoms with Crippen LogP contribution in [0.2, 0.25) is 0 Å². The van der Waals surface area contributed by atoms with Gasteiger partial charge in [-0.15, -0.1) is 22.7 Å². The normalized spacial score (nSPS) is 16.5. The predicted molar refractivity (Wildman–Crippen MR) is 115 cm³/mol. The summed E-state index contributed by atoms with van der Waals surface area (Å²) in [5, 5.41) is 7.27. The van der Waals surface area contributed by atoms with Crippen molar-refractivity contribution < 1.29 is 9.53 Å². The molecule has 1 aromatic carbocycles. The lowest BCUT2D eigenvalue weighted by Crippen LogP contribution is -2.43. The molecule has 0 aliphatic carbocycles. The molecule has 4 nitrogen and oxygen atoms in total. The van der Waals surface area contributed by atoms with Gasteiger partial charge in [0.2, 0.25) is 5.91 Å². The Labute approximate surface area is 173 Å². The first-order chi connectivity index (χ1) is 13.7. The number of aryl methyl sites for hydroxylation is 1. The Morgan fingerprint density at radius 2 is 2.14 bits per heavy atom. The standard InChI is InChI=1S/C22H24N2O2S2/c1-16-4-2-5-17(14-16)26-11-9-23-21(25)15-24-10-7-19-18(8-13-28-19)22(24)20-6-3-12-27-20/h2-6,8,12-14,22H,7,9-11,15H2,1H3,(H,23,25)/t22-/m0/s1. The van der Waals surface area contributed by atoms with Crippen LogP contribution in [-0.4, -0.2) is 37.0 Å². The van der Waals surface area contributed by atoms with Crippen LogP contribution < -0.4 is 10.1 Å². The fourth-order valence-corrected chi connectivity index (χ4v) is 5.40. The molecular weight excluding hydrogens is 388 g/mol. The Morgan fingerprint density at radius 1 is 1.21 bits per heavy atom. The molecule has 1 aliphatic rings. The van der Waals surface area contributed by atoms with Gasteiger partial charge in [-0.25, -0.2) is 0 Å². The first kappa shape index (κ1) is 19.2. The molecule has 0 saturated heterocycles. The van der Waals surface area contributed by atoms with Gasteiger partial charge >= 0.3 is 0 Å². The van der Waals surface area contributed by atoms with Crippen LogP contribution in [0, 0.1) is 6.92 Å². The fraction of sp³-hybridized carbons (Fsp3) is 0.318. The maximum Gasteiger partial charge on any atom is 0.234 e. The molecule has 4 rings (SSSR count). The Bertz CT molecular complexity index is 920. The lowest BCUT2D eigenvalue weighted by Gasteiger charge is -2.34. The number of carbonyl (C=O) groups is 1. The van der Waals surface area contributed by atoms with Crippen molar-refractivity contribution >= 4 is 28.6 Å². The van der Waals surface area contributed by atoms with Gasteiger partial charge in [-0.05, 0) is 59.5 Å². The molecule has 1 N–H and O–H groups in total. The van der Waals surface area contributed by atoms with E-state index in [9.17, 15) is 4.79 Å². The molecule has 0 saturated carbocycles. The third-order valence-electron chi connectivity index (χ3n) is 4.91. The Kier molecular flexibility index (Phi) is 6.10. The summed E-state index contributed by atoms with van der Waals surface area (Å²) in [6, 6.07) is 14.6.